The molecule has 0 aliphatic heterocycles. The van der Waals surface area contributed by atoms with E-state index in [-0.39, 0.29) is 11.6 Å². The van der Waals surface area contributed by atoms with E-state index in [9.17, 15) is 4.79 Å². The maximum Gasteiger partial charge on any atom is 0.315 e. The van der Waals surface area contributed by atoms with E-state index in [1.807, 2.05) is 18.2 Å². The number of rotatable bonds is 2. The largest absolute Gasteiger partial charge is 0.341 e. The average molecular weight is 269 g/mol. The van der Waals surface area contributed by atoms with Crippen LogP contribution in [0.3, 0.4) is 0 Å². The summed E-state index contributed by atoms with van der Waals surface area (Å²) in [6.45, 7) is 0. The van der Waals surface area contributed by atoms with Crippen molar-refractivity contribution in [2.75, 3.05) is 7.05 Å². The van der Waals surface area contributed by atoms with Crippen LogP contribution in [0.15, 0.2) is 28.7 Å². The normalized spacial score (nSPS) is 16.9. The van der Waals surface area contributed by atoms with Gasteiger partial charge in [-0.2, -0.15) is 0 Å². The molecule has 0 radical (unpaired) electrons. The minimum absolute atomic E-state index is 0.118. The highest BCUT2D eigenvalue weighted by Gasteiger charge is 2.45. The molecule has 2 N–H and O–H groups in total. The van der Waals surface area contributed by atoms with Crippen LogP contribution < -0.4 is 10.6 Å². The van der Waals surface area contributed by atoms with Crippen molar-refractivity contribution in [1.29, 1.82) is 0 Å². The average Bonchev–Trinajstić information content (AvgIpc) is 2.99. The van der Waals surface area contributed by atoms with Crippen molar-refractivity contribution < 1.29 is 4.79 Å². The number of urea groups is 1. The molecule has 80 valence electrons. The molecule has 1 aromatic carbocycles. The van der Waals surface area contributed by atoms with Gasteiger partial charge in [-0.05, 0) is 30.5 Å². The highest BCUT2D eigenvalue weighted by molar-refractivity contribution is 9.10. The van der Waals surface area contributed by atoms with Gasteiger partial charge in [0, 0.05) is 11.5 Å². The van der Waals surface area contributed by atoms with Crippen LogP contribution in [-0.4, -0.2) is 13.1 Å². The smallest absolute Gasteiger partial charge is 0.315 e. The van der Waals surface area contributed by atoms with E-state index in [0.29, 0.717) is 0 Å². The Bertz CT molecular complexity index is 388. The molecule has 15 heavy (non-hydrogen) atoms. The number of nitrogens with one attached hydrogen (secondary N) is 2. The van der Waals surface area contributed by atoms with Gasteiger partial charge in [-0.3, -0.25) is 0 Å². The molecule has 1 aromatic rings. The first-order valence-corrected chi connectivity index (χ1v) is 5.71. The summed E-state index contributed by atoms with van der Waals surface area (Å²) in [4.78, 5) is 11.3. The number of carbonyl (C=O) groups is 1. The van der Waals surface area contributed by atoms with Crippen molar-refractivity contribution in [2.45, 2.75) is 18.4 Å². The summed E-state index contributed by atoms with van der Waals surface area (Å²) in [6.07, 6.45) is 2.02. The minimum Gasteiger partial charge on any atom is -0.341 e. The van der Waals surface area contributed by atoms with Crippen LogP contribution in [0.5, 0.6) is 0 Å². The summed E-state index contributed by atoms with van der Waals surface area (Å²) in [7, 11) is 1.63. The Morgan fingerprint density at radius 3 is 2.73 bits per heavy atom. The topological polar surface area (TPSA) is 41.1 Å². The molecule has 0 heterocycles. The van der Waals surface area contributed by atoms with Crippen LogP contribution in [-0.2, 0) is 5.54 Å². The molecule has 1 aliphatic carbocycles. The molecule has 1 fully saturated rings. The van der Waals surface area contributed by atoms with Crippen LogP contribution in [0.25, 0.3) is 0 Å². The number of hydrogen-bond acceptors (Lipinski definition) is 1. The Morgan fingerprint density at radius 1 is 1.47 bits per heavy atom. The predicted octanol–water partition coefficient (Wildman–Crippen LogP) is 2.37. The number of hydrogen-bond donors (Lipinski definition) is 2. The highest BCUT2D eigenvalue weighted by Crippen LogP contribution is 2.45. The molecule has 2 amide bonds. The minimum atomic E-state index is -0.135. The van der Waals surface area contributed by atoms with Gasteiger partial charge in [-0.1, -0.05) is 28.1 Å². The van der Waals surface area contributed by atoms with Crippen LogP contribution in [0.2, 0.25) is 0 Å². The monoisotopic (exact) mass is 268 g/mol. The van der Waals surface area contributed by atoms with Crippen molar-refractivity contribution in [2.24, 2.45) is 0 Å². The molecule has 2 rings (SSSR count). The van der Waals surface area contributed by atoms with E-state index in [1.54, 1.807) is 7.05 Å². The number of amides is 2. The summed E-state index contributed by atoms with van der Waals surface area (Å²) >= 11 is 3.44. The van der Waals surface area contributed by atoms with Gasteiger partial charge < -0.3 is 10.6 Å². The molecule has 1 saturated carbocycles. The Morgan fingerprint density at radius 2 is 2.20 bits per heavy atom. The quantitative estimate of drug-likeness (QED) is 0.850. The third-order valence-electron chi connectivity index (χ3n) is 2.71. The van der Waals surface area contributed by atoms with Crippen LogP contribution in [0.1, 0.15) is 18.4 Å². The Labute approximate surface area is 97.4 Å². The summed E-state index contributed by atoms with van der Waals surface area (Å²) in [6, 6.07) is 7.97. The fourth-order valence-electron chi connectivity index (χ4n) is 1.68. The molecule has 0 spiro atoms. The van der Waals surface area contributed by atoms with Gasteiger partial charge in [-0.25, -0.2) is 4.79 Å². The Hall–Kier alpha value is -1.03. The fourth-order valence-corrected chi connectivity index (χ4v) is 2.08. The van der Waals surface area contributed by atoms with E-state index in [0.717, 1.165) is 17.3 Å². The Kier molecular flexibility index (Phi) is 2.69. The van der Waals surface area contributed by atoms with Crippen LogP contribution in [0.4, 0.5) is 4.79 Å². The predicted molar refractivity (Wildman–Crippen MR) is 62.6 cm³/mol. The molecule has 1 aliphatic rings. The Balaban J connectivity index is 2.19. The molecule has 0 bridgehead atoms. The van der Waals surface area contributed by atoms with Gasteiger partial charge in [0.2, 0.25) is 0 Å². The zero-order valence-corrected chi connectivity index (χ0v) is 10.1. The zero-order valence-electron chi connectivity index (χ0n) is 8.51. The first kappa shape index (κ1) is 10.5. The second kappa shape index (κ2) is 3.85. The lowest BCUT2D eigenvalue weighted by atomic mass is 10.1. The first-order chi connectivity index (χ1) is 7.16. The fraction of sp³-hybridized carbons (Fsp3) is 0.364. The SMILES string of the molecule is CNC(=O)NC1(c2cccc(Br)c2)CC1. The van der Waals surface area contributed by atoms with E-state index in [1.165, 1.54) is 5.56 Å². The zero-order chi connectivity index (χ0) is 10.9. The third-order valence-corrected chi connectivity index (χ3v) is 3.20. The van der Waals surface area contributed by atoms with Gasteiger partial charge in [0.05, 0.1) is 5.54 Å². The standard InChI is InChI=1S/C11H13BrN2O/c1-13-10(15)14-11(5-6-11)8-3-2-4-9(12)7-8/h2-4,7H,5-6H2,1H3,(H2,13,14,15). The molecule has 3 nitrogen and oxygen atoms in total. The molecule has 4 heteroatoms. The van der Waals surface area contributed by atoms with Gasteiger partial charge in [0.15, 0.2) is 0 Å². The molecular formula is C11H13BrN2O. The summed E-state index contributed by atoms with van der Waals surface area (Å²) in [5, 5.41) is 5.57. The van der Waals surface area contributed by atoms with E-state index >= 15 is 0 Å². The highest BCUT2D eigenvalue weighted by atomic mass is 79.9. The van der Waals surface area contributed by atoms with Crippen molar-refractivity contribution >= 4 is 22.0 Å². The lowest BCUT2D eigenvalue weighted by molar-refractivity contribution is 0.238. The lowest BCUT2D eigenvalue weighted by Gasteiger charge is -2.17. The first-order valence-electron chi connectivity index (χ1n) is 4.92. The summed E-state index contributed by atoms with van der Waals surface area (Å²) in [5.74, 6) is 0. The maximum atomic E-state index is 11.3. The van der Waals surface area contributed by atoms with Crippen LogP contribution in [0, 0.1) is 0 Å². The van der Waals surface area contributed by atoms with Gasteiger partial charge >= 0.3 is 6.03 Å². The lowest BCUT2D eigenvalue weighted by Crippen LogP contribution is -2.40. The van der Waals surface area contributed by atoms with Gasteiger partial charge in [0.1, 0.15) is 0 Å². The number of benzene rings is 1. The molecule has 0 atom stereocenters. The number of halogens is 1. The molecule has 0 aromatic heterocycles. The van der Waals surface area contributed by atoms with Crippen molar-refractivity contribution in [1.82, 2.24) is 10.6 Å². The summed E-state index contributed by atoms with van der Waals surface area (Å²) in [5.41, 5.74) is 1.03. The number of carbonyl (C=O) groups excluding carboxylic acids is 1. The second-order valence-electron chi connectivity index (χ2n) is 3.80. The maximum absolute atomic E-state index is 11.3. The third kappa shape index (κ3) is 2.15. The van der Waals surface area contributed by atoms with E-state index < -0.39 is 0 Å². The van der Waals surface area contributed by atoms with E-state index in [4.69, 9.17) is 0 Å². The second-order valence-corrected chi connectivity index (χ2v) is 4.71. The van der Waals surface area contributed by atoms with Crippen molar-refractivity contribution in [3.63, 3.8) is 0 Å². The molecular weight excluding hydrogens is 256 g/mol. The molecule has 0 saturated heterocycles. The summed E-state index contributed by atoms with van der Waals surface area (Å²) < 4.78 is 1.05. The van der Waals surface area contributed by atoms with Gasteiger partial charge in [-0.15, -0.1) is 0 Å². The van der Waals surface area contributed by atoms with Crippen molar-refractivity contribution in [3.05, 3.63) is 34.3 Å². The molecule has 0 unspecified atom stereocenters. The van der Waals surface area contributed by atoms with Gasteiger partial charge in [0.25, 0.3) is 0 Å². The van der Waals surface area contributed by atoms with E-state index in [2.05, 4.69) is 32.6 Å². The van der Waals surface area contributed by atoms with Crippen LogP contribution >= 0.6 is 15.9 Å². The van der Waals surface area contributed by atoms with Crippen molar-refractivity contribution in [3.8, 4) is 0 Å².